The van der Waals surface area contributed by atoms with E-state index in [0.717, 1.165) is 22.2 Å². The van der Waals surface area contributed by atoms with E-state index >= 15 is 0 Å². The molecular weight excluding hydrogens is 352 g/mol. The Balaban J connectivity index is 1.89. The van der Waals surface area contributed by atoms with E-state index in [-0.39, 0.29) is 5.75 Å². The largest absolute Gasteiger partial charge is 0.261 e. The Morgan fingerprint density at radius 3 is 2.62 bits per heavy atom. The van der Waals surface area contributed by atoms with Crippen LogP contribution in [0.25, 0.3) is 0 Å². The van der Waals surface area contributed by atoms with Crippen LogP contribution in [0.2, 0.25) is 0 Å². The SMILES string of the molecule is O=S(=O)(CCc1ccccn1)NCc1cccc(CBr)c1. The summed E-state index contributed by atoms with van der Waals surface area (Å²) in [6.45, 7) is 0.311. The summed E-state index contributed by atoms with van der Waals surface area (Å²) in [7, 11) is -3.30. The van der Waals surface area contributed by atoms with Gasteiger partial charge < -0.3 is 0 Å². The maximum absolute atomic E-state index is 12.0. The van der Waals surface area contributed by atoms with Gasteiger partial charge in [0, 0.05) is 30.2 Å². The minimum absolute atomic E-state index is 0.0438. The minimum atomic E-state index is -3.30. The summed E-state index contributed by atoms with van der Waals surface area (Å²) in [5, 5.41) is 0.757. The molecule has 0 aliphatic carbocycles. The number of pyridine rings is 1. The van der Waals surface area contributed by atoms with Gasteiger partial charge in [0.1, 0.15) is 0 Å². The van der Waals surface area contributed by atoms with E-state index in [1.54, 1.807) is 6.20 Å². The lowest BCUT2D eigenvalue weighted by molar-refractivity contribution is 0.580. The van der Waals surface area contributed by atoms with Crippen molar-refractivity contribution in [2.75, 3.05) is 5.75 Å². The van der Waals surface area contributed by atoms with Crippen molar-refractivity contribution in [1.29, 1.82) is 0 Å². The zero-order chi connectivity index (χ0) is 15.1. The number of aromatic nitrogens is 1. The first-order valence-corrected chi connectivity index (χ1v) is 9.37. The number of hydrogen-bond donors (Lipinski definition) is 1. The van der Waals surface area contributed by atoms with Crippen LogP contribution in [0, 0.1) is 0 Å². The van der Waals surface area contributed by atoms with E-state index in [4.69, 9.17) is 0 Å². The van der Waals surface area contributed by atoms with E-state index < -0.39 is 10.0 Å². The Hall–Kier alpha value is -1.24. The van der Waals surface area contributed by atoms with Crippen LogP contribution in [0.4, 0.5) is 0 Å². The number of benzene rings is 1. The van der Waals surface area contributed by atoms with Crippen LogP contribution >= 0.6 is 15.9 Å². The first kappa shape index (κ1) is 16.1. The summed E-state index contributed by atoms with van der Waals surface area (Å²) in [5.41, 5.74) is 2.86. The molecule has 1 aromatic heterocycles. The zero-order valence-electron chi connectivity index (χ0n) is 11.5. The van der Waals surface area contributed by atoms with Crippen molar-refractivity contribution in [2.24, 2.45) is 0 Å². The smallest absolute Gasteiger partial charge is 0.212 e. The highest BCUT2D eigenvalue weighted by Gasteiger charge is 2.10. The maximum atomic E-state index is 12.0. The lowest BCUT2D eigenvalue weighted by Crippen LogP contribution is -2.27. The molecule has 2 rings (SSSR count). The van der Waals surface area contributed by atoms with Crippen LogP contribution < -0.4 is 4.72 Å². The molecule has 0 bridgehead atoms. The molecule has 0 saturated carbocycles. The fourth-order valence-corrected chi connectivity index (χ4v) is 3.23. The van der Waals surface area contributed by atoms with Gasteiger partial charge in [-0.15, -0.1) is 0 Å². The van der Waals surface area contributed by atoms with Crippen molar-refractivity contribution < 1.29 is 8.42 Å². The van der Waals surface area contributed by atoms with Crippen molar-refractivity contribution in [3.8, 4) is 0 Å². The third kappa shape index (κ3) is 5.57. The van der Waals surface area contributed by atoms with Gasteiger partial charge in [-0.05, 0) is 23.3 Å². The van der Waals surface area contributed by atoms with Crippen LogP contribution in [0.5, 0.6) is 0 Å². The fourth-order valence-electron chi connectivity index (χ4n) is 1.87. The molecule has 0 amide bonds. The molecule has 1 heterocycles. The van der Waals surface area contributed by atoms with Gasteiger partial charge in [-0.2, -0.15) is 0 Å². The molecule has 112 valence electrons. The molecule has 0 atom stereocenters. The first-order chi connectivity index (χ1) is 10.1. The molecule has 0 aliphatic heterocycles. The van der Waals surface area contributed by atoms with Crippen molar-refractivity contribution in [1.82, 2.24) is 9.71 Å². The molecule has 0 radical (unpaired) electrons. The molecule has 1 aromatic carbocycles. The van der Waals surface area contributed by atoms with E-state index in [0.29, 0.717) is 13.0 Å². The Labute approximate surface area is 133 Å². The number of halogens is 1. The van der Waals surface area contributed by atoms with Gasteiger partial charge in [0.05, 0.1) is 5.75 Å². The summed E-state index contributed by atoms with van der Waals surface area (Å²) >= 11 is 3.39. The van der Waals surface area contributed by atoms with E-state index in [1.807, 2.05) is 42.5 Å². The number of nitrogens with zero attached hydrogens (tertiary/aromatic N) is 1. The van der Waals surface area contributed by atoms with Crippen LogP contribution in [-0.4, -0.2) is 19.2 Å². The van der Waals surface area contributed by atoms with Gasteiger partial charge >= 0.3 is 0 Å². The van der Waals surface area contributed by atoms with Crippen molar-refractivity contribution in [3.63, 3.8) is 0 Å². The number of hydrogen-bond acceptors (Lipinski definition) is 3. The van der Waals surface area contributed by atoms with E-state index in [1.165, 1.54) is 0 Å². The monoisotopic (exact) mass is 368 g/mol. The summed E-state index contributed by atoms with van der Waals surface area (Å²) in [6.07, 6.45) is 2.08. The quantitative estimate of drug-likeness (QED) is 0.764. The molecular formula is C15H17BrN2O2S. The first-order valence-electron chi connectivity index (χ1n) is 6.60. The maximum Gasteiger partial charge on any atom is 0.212 e. The molecule has 2 aromatic rings. The topological polar surface area (TPSA) is 59.1 Å². The lowest BCUT2D eigenvalue weighted by Gasteiger charge is -2.07. The lowest BCUT2D eigenvalue weighted by atomic mass is 10.1. The summed E-state index contributed by atoms with van der Waals surface area (Å²) in [5.74, 6) is 0.0438. The molecule has 4 nitrogen and oxygen atoms in total. The fraction of sp³-hybridized carbons (Fsp3) is 0.267. The van der Waals surface area contributed by atoms with E-state index in [9.17, 15) is 8.42 Å². The highest BCUT2D eigenvalue weighted by atomic mass is 79.9. The molecule has 0 aliphatic rings. The van der Waals surface area contributed by atoms with Gasteiger partial charge in [-0.1, -0.05) is 46.3 Å². The molecule has 6 heteroatoms. The standard InChI is InChI=1S/C15H17BrN2O2S/c16-11-13-4-3-5-14(10-13)12-18-21(19,20)9-7-15-6-1-2-8-17-15/h1-6,8,10,18H,7,9,11-12H2. The number of rotatable bonds is 7. The Morgan fingerprint density at radius 1 is 1.10 bits per heavy atom. The average molecular weight is 369 g/mol. The molecule has 21 heavy (non-hydrogen) atoms. The van der Waals surface area contributed by atoms with Gasteiger partial charge in [0.25, 0.3) is 0 Å². The Kier molecular flexibility index (Phi) is 5.90. The molecule has 0 fully saturated rings. The van der Waals surface area contributed by atoms with Crippen LogP contribution in [0.1, 0.15) is 16.8 Å². The van der Waals surface area contributed by atoms with E-state index in [2.05, 4.69) is 25.6 Å². The number of sulfonamides is 1. The second-order valence-corrected chi connectivity index (χ2v) is 7.15. The van der Waals surface area contributed by atoms with Crippen molar-refractivity contribution in [3.05, 3.63) is 65.5 Å². The second-order valence-electron chi connectivity index (χ2n) is 4.66. The van der Waals surface area contributed by atoms with Gasteiger partial charge in [0.2, 0.25) is 10.0 Å². The highest BCUT2D eigenvalue weighted by Crippen LogP contribution is 2.09. The third-order valence-electron chi connectivity index (χ3n) is 2.99. The molecule has 1 N–H and O–H groups in total. The highest BCUT2D eigenvalue weighted by molar-refractivity contribution is 9.08. The van der Waals surface area contributed by atoms with Gasteiger partial charge in [0.15, 0.2) is 0 Å². The Morgan fingerprint density at radius 2 is 1.90 bits per heavy atom. The zero-order valence-corrected chi connectivity index (χ0v) is 13.9. The molecule has 0 saturated heterocycles. The minimum Gasteiger partial charge on any atom is -0.261 e. The second kappa shape index (κ2) is 7.68. The number of aryl methyl sites for hydroxylation is 1. The van der Waals surface area contributed by atoms with Crippen molar-refractivity contribution in [2.45, 2.75) is 18.3 Å². The molecule has 0 spiro atoms. The van der Waals surface area contributed by atoms with Gasteiger partial charge in [-0.3, -0.25) is 4.98 Å². The van der Waals surface area contributed by atoms with Crippen LogP contribution in [-0.2, 0) is 28.3 Å². The predicted molar refractivity (Wildman–Crippen MR) is 87.6 cm³/mol. The summed E-state index contributed by atoms with van der Waals surface area (Å²) in [6, 6.07) is 13.3. The summed E-state index contributed by atoms with van der Waals surface area (Å²) < 4.78 is 26.6. The van der Waals surface area contributed by atoms with Gasteiger partial charge in [-0.25, -0.2) is 13.1 Å². The number of alkyl halides is 1. The summed E-state index contributed by atoms with van der Waals surface area (Å²) in [4.78, 5) is 4.13. The number of nitrogens with one attached hydrogen (secondary N) is 1. The Bertz CT molecular complexity index is 675. The average Bonchev–Trinajstić information content (AvgIpc) is 2.52. The van der Waals surface area contributed by atoms with Crippen molar-refractivity contribution >= 4 is 26.0 Å². The normalized spacial score (nSPS) is 11.5. The molecule has 0 unspecified atom stereocenters. The van der Waals surface area contributed by atoms with Crippen LogP contribution in [0.15, 0.2) is 48.7 Å². The predicted octanol–water partition coefficient (Wildman–Crippen LogP) is 2.64. The third-order valence-corrected chi connectivity index (χ3v) is 4.97. The van der Waals surface area contributed by atoms with Crippen LogP contribution in [0.3, 0.4) is 0 Å².